The number of carbonyl (C=O) groups excluding carboxylic acids is 1. The second kappa shape index (κ2) is 5.73. The summed E-state index contributed by atoms with van der Waals surface area (Å²) in [5.74, 6) is 0. The zero-order chi connectivity index (χ0) is 13.0. The molecular formula is C13H19N3O2. The van der Waals surface area contributed by atoms with Crippen LogP contribution in [0.2, 0.25) is 0 Å². The van der Waals surface area contributed by atoms with Crippen LogP contribution in [0.3, 0.4) is 0 Å². The summed E-state index contributed by atoms with van der Waals surface area (Å²) in [7, 11) is 1.71. The fourth-order valence-electron chi connectivity index (χ4n) is 2.20. The molecule has 5 nitrogen and oxygen atoms in total. The number of nitrogen functional groups attached to an aromatic ring is 1. The highest BCUT2D eigenvalue weighted by Crippen LogP contribution is 2.21. The number of methoxy groups -OCH3 is 1. The Kier molecular flexibility index (Phi) is 4.04. The first-order chi connectivity index (χ1) is 8.67. The van der Waals surface area contributed by atoms with E-state index in [4.69, 9.17) is 10.5 Å². The van der Waals surface area contributed by atoms with Crippen LogP contribution in [-0.2, 0) is 4.74 Å². The minimum atomic E-state index is -0.179. The lowest BCUT2D eigenvalue weighted by Crippen LogP contribution is -2.36. The first-order valence-corrected chi connectivity index (χ1v) is 6.13. The fourth-order valence-corrected chi connectivity index (χ4v) is 2.20. The number of nitrogens with two attached hydrogens (primary N) is 1. The first-order valence-electron chi connectivity index (χ1n) is 6.13. The second-order valence-electron chi connectivity index (χ2n) is 4.59. The van der Waals surface area contributed by atoms with Crippen LogP contribution >= 0.6 is 0 Å². The molecule has 0 aromatic heterocycles. The molecule has 1 aromatic carbocycles. The van der Waals surface area contributed by atoms with Gasteiger partial charge in [0.1, 0.15) is 0 Å². The van der Waals surface area contributed by atoms with Gasteiger partial charge in [0, 0.05) is 24.5 Å². The zero-order valence-electron chi connectivity index (χ0n) is 10.5. The molecule has 18 heavy (non-hydrogen) atoms. The van der Waals surface area contributed by atoms with Crippen molar-refractivity contribution < 1.29 is 9.53 Å². The molecule has 0 spiro atoms. The Morgan fingerprint density at radius 3 is 2.67 bits per heavy atom. The van der Waals surface area contributed by atoms with Gasteiger partial charge in [-0.3, -0.25) is 0 Å². The number of ether oxygens (including phenoxy) is 1. The molecule has 1 aromatic rings. The number of benzene rings is 1. The molecule has 0 bridgehead atoms. The summed E-state index contributed by atoms with van der Waals surface area (Å²) in [5, 5.41) is 5.73. The van der Waals surface area contributed by atoms with Gasteiger partial charge in [0.05, 0.1) is 6.10 Å². The maximum absolute atomic E-state index is 11.8. The maximum Gasteiger partial charge on any atom is 0.319 e. The van der Waals surface area contributed by atoms with Crippen LogP contribution < -0.4 is 16.4 Å². The molecular weight excluding hydrogens is 230 g/mol. The van der Waals surface area contributed by atoms with Gasteiger partial charge in [-0.15, -0.1) is 0 Å². The lowest BCUT2D eigenvalue weighted by atomic mass is 10.2. The van der Waals surface area contributed by atoms with Crippen molar-refractivity contribution in [3.05, 3.63) is 24.3 Å². The Hall–Kier alpha value is -1.75. The van der Waals surface area contributed by atoms with E-state index in [1.807, 2.05) is 0 Å². The van der Waals surface area contributed by atoms with Gasteiger partial charge in [0.15, 0.2) is 0 Å². The van der Waals surface area contributed by atoms with E-state index in [9.17, 15) is 4.79 Å². The second-order valence-corrected chi connectivity index (χ2v) is 4.59. The number of anilines is 2. The molecule has 0 saturated heterocycles. The summed E-state index contributed by atoms with van der Waals surface area (Å²) < 4.78 is 5.27. The molecule has 2 unspecified atom stereocenters. The highest BCUT2D eigenvalue weighted by molar-refractivity contribution is 5.89. The first kappa shape index (κ1) is 12.7. The Morgan fingerprint density at radius 2 is 2.06 bits per heavy atom. The third-order valence-corrected chi connectivity index (χ3v) is 3.22. The van der Waals surface area contributed by atoms with Gasteiger partial charge < -0.3 is 21.1 Å². The van der Waals surface area contributed by atoms with E-state index in [1.165, 1.54) is 0 Å². The van der Waals surface area contributed by atoms with Crippen molar-refractivity contribution in [3.63, 3.8) is 0 Å². The van der Waals surface area contributed by atoms with Crippen LogP contribution in [0.15, 0.2) is 24.3 Å². The van der Waals surface area contributed by atoms with Crippen molar-refractivity contribution in [3.8, 4) is 0 Å². The van der Waals surface area contributed by atoms with E-state index < -0.39 is 0 Å². The van der Waals surface area contributed by atoms with Crippen LogP contribution in [0.1, 0.15) is 19.3 Å². The lowest BCUT2D eigenvalue weighted by molar-refractivity contribution is 0.107. The van der Waals surface area contributed by atoms with Gasteiger partial charge in [-0.1, -0.05) is 0 Å². The summed E-state index contributed by atoms with van der Waals surface area (Å²) in [6, 6.07) is 7.09. The molecule has 2 amide bonds. The number of nitrogens with one attached hydrogen (secondary N) is 2. The molecule has 0 radical (unpaired) electrons. The van der Waals surface area contributed by atoms with Crippen LogP contribution in [0.4, 0.5) is 16.2 Å². The van der Waals surface area contributed by atoms with Crippen molar-refractivity contribution in [1.82, 2.24) is 5.32 Å². The van der Waals surface area contributed by atoms with Crippen molar-refractivity contribution in [2.24, 2.45) is 0 Å². The molecule has 0 heterocycles. The Morgan fingerprint density at radius 1 is 1.33 bits per heavy atom. The summed E-state index contributed by atoms with van der Waals surface area (Å²) in [4.78, 5) is 11.8. The average molecular weight is 249 g/mol. The number of amides is 2. The van der Waals surface area contributed by atoms with Crippen LogP contribution in [0.5, 0.6) is 0 Å². The molecule has 2 atom stereocenters. The highest BCUT2D eigenvalue weighted by atomic mass is 16.5. The van der Waals surface area contributed by atoms with Gasteiger partial charge in [0.2, 0.25) is 0 Å². The molecule has 5 heteroatoms. The molecule has 98 valence electrons. The van der Waals surface area contributed by atoms with E-state index in [2.05, 4.69) is 10.6 Å². The molecule has 0 aliphatic heterocycles. The van der Waals surface area contributed by atoms with Crippen molar-refractivity contribution >= 4 is 17.4 Å². The summed E-state index contributed by atoms with van der Waals surface area (Å²) in [6.07, 6.45) is 3.12. The van der Waals surface area contributed by atoms with Crippen molar-refractivity contribution in [2.45, 2.75) is 31.4 Å². The number of rotatable bonds is 3. The molecule has 1 fully saturated rings. The Balaban J connectivity index is 1.80. The largest absolute Gasteiger partial charge is 0.399 e. The molecule has 1 aliphatic carbocycles. The van der Waals surface area contributed by atoms with Gasteiger partial charge in [-0.2, -0.15) is 0 Å². The monoisotopic (exact) mass is 249 g/mol. The summed E-state index contributed by atoms with van der Waals surface area (Å²) in [6.45, 7) is 0. The molecule has 2 rings (SSSR count). The number of hydrogen-bond donors (Lipinski definition) is 3. The SMILES string of the molecule is COC1CCC(NC(=O)Nc2ccc(N)cc2)C1. The lowest BCUT2D eigenvalue weighted by Gasteiger charge is -2.13. The molecule has 1 saturated carbocycles. The smallest absolute Gasteiger partial charge is 0.319 e. The van der Waals surface area contributed by atoms with Crippen LogP contribution in [0, 0.1) is 0 Å². The van der Waals surface area contributed by atoms with E-state index in [0.29, 0.717) is 5.69 Å². The van der Waals surface area contributed by atoms with E-state index in [-0.39, 0.29) is 18.2 Å². The Bertz CT molecular complexity index is 405. The van der Waals surface area contributed by atoms with Gasteiger partial charge in [-0.05, 0) is 43.5 Å². The standard InChI is InChI=1S/C13H19N3O2/c1-18-12-7-6-11(8-12)16-13(17)15-10-4-2-9(14)3-5-10/h2-5,11-12H,6-8,14H2,1H3,(H2,15,16,17). The summed E-state index contributed by atoms with van der Waals surface area (Å²) in [5.41, 5.74) is 7.00. The Labute approximate surface area is 107 Å². The summed E-state index contributed by atoms with van der Waals surface area (Å²) >= 11 is 0. The average Bonchev–Trinajstić information content (AvgIpc) is 2.79. The van der Waals surface area contributed by atoms with Gasteiger partial charge >= 0.3 is 6.03 Å². The third kappa shape index (κ3) is 3.37. The molecule has 4 N–H and O–H groups in total. The predicted octanol–water partition coefficient (Wildman–Crippen LogP) is 1.96. The van der Waals surface area contributed by atoms with Crippen molar-refractivity contribution in [2.75, 3.05) is 18.2 Å². The third-order valence-electron chi connectivity index (χ3n) is 3.22. The topological polar surface area (TPSA) is 76.4 Å². The van der Waals surface area contributed by atoms with Crippen LogP contribution in [-0.4, -0.2) is 25.3 Å². The number of carbonyl (C=O) groups is 1. The van der Waals surface area contributed by atoms with Gasteiger partial charge in [-0.25, -0.2) is 4.79 Å². The minimum absolute atomic E-state index is 0.179. The highest BCUT2D eigenvalue weighted by Gasteiger charge is 2.25. The molecule has 1 aliphatic rings. The van der Waals surface area contributed by atoms with E-state index in [1.54, 1.807) is 31.4 Å². The zero-order valence-corrected chi connectivity index (χ0v) is 10.5. The normalized spacial score (nSPS) is 22.7. The maximum atomic E-state index is 11.8. The van der Waals surface area contributed by atoms with Gasteiger partial charge in [0.25, 0.3) is 0 Å². The van der Waals surface area contributed by atoms with Crippen molar-refractivity contribution in [1.29, 1.82) is 0 Å². The number of urea groups is 1. The van der Waals surface area contributed by atoms with Crippen LogP contribution in [0.25, 0.3) is 0 Å². The fraction of sp³-hybridized carbons (Fsp3) is 0.462. The number of hydrogen-bond acceptors (Lipinski definition) is 3. The van der Waals surface area contributed by atoms with E-state index in [0.717, 1.165) is 24.9 Å². The predicted molar refractivity (Wildman–Crippen MR) is 71.4 cm³/mol. The van der Waals surface area contributed by atoms with E-state index >= 15 is 0 Å². The minimum Gasteiger partial charge on any atom is -0.399 e. The quantitative estimate of drug-likeness (QED) is 0.717.